The summed E-state index contributed by atoms with van der Waals surface area (Å²) in [6.07, 6.45) is 0.0131. The van der Waals surface area contributed by atoms with Crippen molar-refractivity contribution in [2.45, 2.75) is 31.2 Å². The van der Waals surface area contributed by atoms with Gasteiger partial charge in [-0.2, -0.15) is 13.2 Å². The van der Waals surface area contributed by atoms with E-state index in [0.29, 0.717) is 5.56 Å². The van der Waals surface area contributed by atoms with Crippen molar-refractivity contribution in [1.82, 2.24) is 9.88 Å². The molecule has 0 saturated carbocycles. The molecule has 6 nitrogen and oxygen atoms in total. The SMILES string of the molecule is CO[C@@H]1CCN(C(=O)c2ccncc2)[C@H]1Cc1ccccc1.O=C(O)C(F)(F)F. The third-order valence-electron chi connectivity index (χ3n) is 4.51. The molecule has 0 radical (unpaired) electrons. The van der Waals surface area contributed by atoms with E-state index < -0.39 is 12.1 Å². The van der Waals surface area contributed by atoms with E-state index in [1.54, 1.807) is 31.6 Å². The lowest BCUT2D eigenvalue weighted by molar-refractivity contribution is -0.192. The van der Waals surface area contributed by atoms with E-state index in [-0.39, 0.29) is 18.1 Å². The lowest BCUT2D eigenvalue weighted by Crippen LogP contribution is -2.41. The number of rotatable bonds is 4. The van der Waals surface area contributed by atoms with E-state index >= 15 is 0 Å². The van der Waals surface area contributed by atoms with Crippen molar-refractivity contribution in [3.05, 3.63) is 66.0 Å². The second-order valence-corrected chi connectivity index (χ2v) is 6.36. The number of ether oxygens (including phenoxy) is 1. The zero-order chi connectivity index (χ0) is 21.4. The molecule has 1 N–H and O–H groups in total. The summed E-state index contributed by atoms with van der Waals surface area (Å²) in [6, 6.07) is 13.9. The summed E-state index contributed by atoms with van der Waals surface area (Å²) in [5, 5.41) is 7.12. The number of alkyl halides is 3. The molecule has 1 aromatic carbocycles. The van der Waals surface area contributed by atoms with E-state index in [1.807, 2.05) is 23.1 Å². The van der Waals surface area contributed by atoms with Crippen LogP contribution in [-0.4, -0.2) is 58.8 Å². The third kappa shape index (κ3) is 6.28. The van der Waals surface area contributed by atoms with Crippen LogP contribution >= 0.6 is 0 Å². The molecule has 2 aromatic rings. The van der Waals surface area contributed by atoms with Crippen LogP contribution in [0.3, 0.4) is 0 Å². The molecule has 1 saturated heterocycles. The van der Waals surface area contributed by atoms with Crippen molar-refractivity contribution in [2.75, 3.05) is 13.7 Å². The zero-order valence-corrected chi connectivity index (χ0v) is 15.7. The largest absolute Gasteiger partial charge is 0.490 e. The number of aliphatic carboxylic acids is 1. The number of likely N-dealkylation sites (tertiary alicyclic amines) is 1. The average Bonchev–Trinajstić information content (AvgIpc) is 3.11. The van der Waals surface area contributed by atoms with Crippen molar-refractivity contribution in [3.8, 4) is 0 Å². The highest BCUT2D eigenvalue weighted by Gasteiger charge is 2.38. The number of pyridine rings is 1. The first-order chi connectivity index (χ1) is 13.7. The van der Waals surface area contributed by atoms with Crippen LogP contribution in [0.2, 0.25) is 0 Å². The number of hydrogen-bond acceptors (Lipinski definition) is 4. The maximum Gasteiger partial charge on any atom is 0.490 e. The number of carbonyl (C=O) groups is 2. The number of amides is 1. The first kappa shape index (κ1) is 22.4. The molecule has 1 aliphatic heterocycles. The van der Waals surface area contributed by atoms with Gasteiger partial charge in [-0.25, -0.2) is 4.79 Å². The topological polar surface area (TPSA) is 79.7 Å². The lowest BCUT2D eigenvalue weighted by atomic mass is 10.0. The number of carboxylic acids is 1. The summed E-state index contributed by atoms with van der Waals surface area (Å²) in [5.74, 6) is -2.70. The molecule has 9 heteroatoms. The van der Waals surface area contributed by atoms with Crippen LogP contribution in [0.5, 0.6) is 0 Å². The Morgan fingerprint density at radius 2 is 1.76 bits per heavy atom. The molecule has 3 rings (SSSR count). The molecule has 0 aliphatic carbocycles. The van der Waals surface area contributed by atoms with E-state index in [0.717, 1.165) is 19.4 Å². The maximum absolute atomic E-state index is 12.8. The molecule has 0 unspecified atom stereocenters. The Bertz CT molecular complexity index is 800. The first-order valence-corrected chi connectivity index (χ1v) is 8.82. The number of aromatic nitrogens is 1. The molecule has 1 aliphatic rings. The van der Waals surface area contributed by atoms with Crippen LogP contribution in [0.4, 0.5) is 13.2 Å². The summed E-state index contributed by atoms with van der Waals surface area (Å²) >= 11 is 0. The van der Waals surface area contributed by atoms with Gasteiger partial charge >= 0.3 is 12.1 Å². The number of carboxylic acid groups (broad SMARTS) is 1. The minimum atomic E-state index is -5.08. The van der Waals surface area contributed by atoms with Gasteiger partial charge in [0.05, 0.1) is 12.1 Å². The molecule has 0 bridgehead atoms. The summed E-state index contributed by atoms with van der Waals surface area (Å²) in [5.41, 5.74) is 1.91. The molecule has 2 heterocycles. The fraction of sp³-hybridized carbons (Fsp3) is 0.350. The van der Waals surface area contributed by atoms with E-state index in [9.17, 15) is 18.0 Å². The molecule has 0 spiro atoms. The number of nitrogens with zero attached hydrogens (tertiary/aromatic N) is 2. The summed E-state index contributed by atoms with van der Waals surface area (Å²) in [4.78, 5) is 27.6. The monoisotopic (exact) mass is 410 g/mol. The molecule has 156 valence electrons. The lowest BCUT2D eigenvalue weighted by Gasteiger charge is -2.28. The Kier molecular flexibility index (Phi) is 7.72. The normalized spacial score (nSPS) is 18.7. The van der Waals surface area contributed by atoms with Gasteiger partial charge in [0.25, 0.3) is 5.91 Å². The predicted molar refractivity (Wildman–Crippen MR) is 98.3 cm³/mol. The van der Waals surface area contributed by atoms with Crippen LogP contribution in [0, 0.1) is 0 Å². The van der Waals surface area contributed by atoms with Crippen molar-refractivity contribution in [2.24, 2.45) is 0 Å². The fourth-order valence-corrected chi connectivity index (χ4v) is 3.11. The Morgan fingerprint density at radius 1 is 1.17 bits per heavy atom. The molecule has 29 heavy (non-hydrogen) atoms. The van der Waals surface area contributed by atoms with Gasteiger partial charge < -0.3 is 14.7 Å². The van der Waals surface area contributed by atoms with Gasteiger partial charge in [-0.3, -0.25) is 9.78 Å². The van der Waals surface area contributed by atoms with E-state index in [4.69, 9.17) is 14.6 Å². The van der Waals surface area contributed by atoms with Gasteiger partial charge in [0.1, 0.15) is 0 Å². The highest BCUT2D eigenvalue weighted by atomic mass is 19.4. The minimum Gasteiger partial charge on any atom is -0.475 e. The van der Waals surface area contributed by atoms with Gasteiger partial charge in [-0.15, -0.1) is 0 Å². The van der Waals surface area contributed by atoms with Crippen LogP contribution in [0.1, 0.15) is 22.3 Å². The number of halogens is 3. The minimum absolute atomic E-state index is 0.0582. The Labute approximate surface area is 165 Å². The van der Waals surface area contributed by atoms with Crippen molar-refractivity contribution < 1.29 is 32.6 Å². The smallest absolute Gasteiger partial charge is 0.475 e. The first-order valence-electron chi connectivity index (χ1n) is 8.82. The number of hydrogen-bond donors (Lipinski definition) is 1. The number of benzene rings is 1. The van der Waals surface area contributed by atoms with Crippen LogP contribution in [0.25, 0.3) is 0 Å². The van der Waals surface area contributed by atoms with Gasteiger partial charge in [-0.1, -0.05) is 30.3 Å². The molecule has 1 fully saturated rings. The van der Waals surface area contributed by atoms with Gasteiger partial charge in [0, 0.05) is 31.6 Å². The van der Waals surface area contributed by atoms with E-state index in [1.165, 1.54) is 5.56 Å². The Balaban J connectivity index is 0.000000370. The standard InChI is InChI=1S/C18H20N2O2.C2HF3O2/c1-22-17-9-12-20(18(21)15-7-10-19-11-8-15)16(17)13-14-5-3-2-4-6-14;3-2(4,5)1(6)7/h2-8,10-11,16-17H,9,12-13H2,1H3;(H,6,7)/t16-,17+;/m0./s1. The van der Waals surface area contributed by atoms with E-state index in [2.05, 4.69) is 17.1 Å². The van der Waals surface area contributed by atoms with Crippen LogP contribution < -0.4 is 0 Å². The molecule has 1 amide bonds. The molecule has 2 atom stereocenters. The second kappa shape index (κ2) is 10.0. The quantitative estimate of drug-likeness (QED) is 0.838. The fourth-order valence-electron chi connectivity index (χ4n) is 3.11. The molecular formula is C20H21F3N2O4. The zero-order valence-electron chi connectivity index (χ0n) is 15.7. The summed E-state index contributed by atoms with van der Waals surface area (Å²) in [7, 11) is 1.73. The van der Waals surface area contributed by atoms with Crippen molar-refractivity contribution in [3.63, 3.8) is 0 Å². The van der Waals surface area contributed by atoms with Crippen LogP contribution in [-0.2, 0) is 16.0 Å². The summed E-state index contributed by atoms with van der Waals surface area (Å²) < 4.78 is 37.3. The summed E-state index contributed by atoms with van der Waals surface area (Å²) in [6.45, 7) is 0.733. The highest BCUT2D eigenvalue weighted by molar-refractivity contribution is 5.94. The average molecular weight is 410 g/mol. The molecule has 1 aromatic heterocycles. The van der Waals surface area contributed by atoms with Gasteiger partial charge in [0.15, 0.2) is 0 Å². The van der Waals surface area contributed by atoms with Gasteiger partial charge in [0.2, 0.25) is 0 Å². The highest BCUT2D eigenvalue weighted by Crippen LogP contribution is 2.25. The second-order valence-electron chi connectivity index (χ2n) is 6.36. The predicted octanol–water partition coefficient (Wildman–Crippen LogP) is 3.19. The van der Waals surface area contributed by atoms with Gasteiger partial charge in [-0.05, 0) is 30.5 Å². The number of carbonyl (C=O) groups excluding carboxylic acids is 1. The third-order valence-corrected chi connectivity index (χ3v) is 4.51. The van der Waals surface area contributed by atoms with Crippen LogP contribution in [0.15, 0.2) is 54.9 Å². The number of methoxy groups -OCH3 is 1. The Morgan fingerprint density at radius 3 is 2.28 bits per heavy atom. The molecular weight excluding hydrogens is 389 g/mol. The van der Waals surface area contributed by atoms with Crippen molar-refractivity contribution in [1.29, 1.82) is 0 Å². The maximum atomic E-state index is 12.8. The Hall–Kier alpha value is -2.94. The van der Waals surface area contributed by atoms with Crippen molar-refractivity contribution >= 4 is 11.9 Å².